The lowest BCUT2D eigenvalue weighted by Gasteiger charge is -2.33. The molecular formula is C20H31N3O4. The molecule has 1 heterocycles. The molecule has 2 rings (SSSR count). The highest BCUT2D eigenvalue weighted by Crippen LogP contribution is 2.30. The minimum absolute atomic E-state index is 0.160. The topological polar surface area (TPSA) is 93.9 Å². The second-order valence-corrected chi connectivity index (χ2v) is 7.88. The number of anilines is 1. The Hall–Kier alpha value is -2.28. The Bertz CT molecular complexity index is 662. The molecule has 0 spiro atoms. The molecule has 150 valence electrons. The van der Waals surface area contributed by atoms with Gasteiger partial charge in [-0.1, -0.05) is 0 Å². The smallest absolute Gasteiger partial charge is 0.410 e. The van der Waals surface area contributed by atoms with Crippen LogP contribution in [0.3, 0.4) is 0 Å². The summed E-state index contributed by atoms with van der Waals surface area (Å²) in [6, 6.07) is 5.49. The van der Waals surface area contributed by atoms with Gasteiger partial charge in [-0.15, -0.1) is 0 Å². The lowest BCUT2D eigenvalue weighted by Crippen LogP contribution is -2.41. The molecule has 1 aromatic rings. The quantitative estimate of drug-likeness (QED) is 0.608. The van der Waals surface area contributed by atoms with Crippen LogP contribution in [0.25, 0.3) is 0 Å². The summed E-state index contributed by atoms with van der Waals surface area (Å²) >= 11 is 0. The Morgan fingerprint density at radius 1 is 1.22 bits per heavy atom. The molecule has 1 aromatic carbocycles. The molecule has 0 aliphatic carbocycles. The summed E-state index contributed by atoms with van der Waals surface area (Å²) in [6.07, 6.45) is 1.35. The monoisotopic (exact) mass is 377 g/mol. The largest absolute Gasteiger partial charge is 0.444 e. The molecule has 0 saturated carbocycles. The first-order valence-electron chi connectivity index (χ1n) is 9.35. The van der Waals surface area contributed by atoms with E-state index in [0.29, 0.717) is 37.5 Å². The molecule has 2 amide bonds. The summed E-state index contributed by atoms with van der Waals surface area (Å²) in [7, 11) is 1.59. The van der Waals surface area contributed by atoms with E-state index in [-0.39, 0.29) is 17.9 Å². The molecule has 3 N–H and O–H groups in total. The number of nitrogens with one attached hydrogen (secondary N) is 1. The molecule has 1 aliphatic rings. The van der Waals surface area contributed by atoms with Crippen molar-refractivity contribution in [3.63, 3.8) is 0 Å². The van der Waals surface area contributed by atoms with Gasteiger partial charge in [-0.3, -0.25) is 4.79 Å². The maximum Gasteiger partial charge on any atom is 0.410 e. The summed E-state index contributed by atoms with van der Waals surface area (Å²) in [6.45, 7) is 7.77. The second kappa shape index (κ2) is 9.08. The molecule has 1 fully saturated rings. The van der Waals surface area contributed by atoms with Gasteiger partial charge in [0.15, 0.2) is 0 Å². The van der Waals surface area contributed by atoms with Crippen LogP contribution < -0.4 is 11.1 Å². The number of likely N-dealkylation sites (tertiary alicyclic amines) is 1. The zero-order valence-electron chi connectivity index (χ0n) is 16.7. The van der Waals surface area contributed by atoms with Crippen molar-refractivity contribution in [1.82, 2.24) is 10.2 Å². The molecule has 0 atom stereocenters. The van der Waals surface area contributed by atoms with E-state index >= 15 is 0 Å². The van der Waals surface area contributed by atoms with E-state index in [0.717, 1.165) is 18.4 Å². The molecule has 7 heteroatoms. The molecule has 0 unspecified atom stereocenters. The lowest BCUT2D eigenvalue weighted by atomic mass is 9.88. The van der Waals surface area contributed by atoms with E-state index in [1.165, 1.54) is 0 Å². The van der Waals surface area contributed by atoms with Crippen molar-refractivity contribution in [3.05, 3.63) is 29.3 Å². The van der Waals surface area contributed by atoms with E-state index in [2.05, 4.69) is 5.32 Å². The number of rotatable bonds is 5. The van der Waals surface area contributed by atoms with Crippen molar-refractivity contribution < 1.29 is 19.1 Å². The molecule has 1 aliphatic heterocycles. The van der Waals surface area contributed by atoms with Crippen LogP contribution >= 0.6 is 0 Å². The first-order chi connectivity index (χ1) is 12.7. The van der Waals surface area contributed by atoms with Crippen LogP contribution in [0.1, 0.15) is 55.5 Å². The Kier molecular flexibility index (Phi) is 7.07. The first kappa shape index (κ1) is 21.0. The number of nitrogen functional groups attached to an aromatic ring is 1. The zero-order valence-corrected chi connectivity index (χ0v) is 16.7. The fourth-order valence-corrected chi connectivity index (χ4v) is 3.13. The summed E-state index contributed by atoms with van der Waals surface area (Å²) in [5.41, 5.74) is 7.68. The molecule has 0 radical (unpaired) electrons. The Balaban J connectivity index is 1.99. The Morgan fingerprint density at radius 3 is 2.48 bits per heavy atom. The molecule has 7 nitrogen and oxygen atoms in total. The summed E-state index contributed by atoms with van der Waals surface area (Å²) < 4.78 is 10.4. The number of carbonyl (C=O) groups is 2. The number of benzene rings is 1. The maximum absolute atomic E-state index is 12.3. The van der Waals surface area contributed by atoms with E-state index in [9.17, 15) is 9.59 Å². The predicted octanol–water partition coefficient (Wildman–Crippen LogP) is 2.76. The van der Waals surface area contributed by atoms with E-state index in [1.807, 2.05) is 32.9 Å². The lowest BCUT2D eigenvalue weighted by molar-refractivity contribution is 0.0205. The number of hydrogen-bond donors (Lipinski definition) is 2. The normalized spacial score (nSPS) is 15.5. The number of carbonyl (C=O) groups excluding carboxylic acids is 2. The van der Waals surface area contributed by atoms with Gasteiger partial charge in [-0.2, -0.15) is 0 Å². The van der Waals surface area contributed by atoms with E-state index < -0.39 is 5.60 Å². The van der Waals surface area contributed by atoms with Crippen LogP contribution in [0.5, 0.6) is 0 Å². The molecule has 27 heavy (non-hydrogen) atoms. The SMILES string of the molecule is COCCNC(=O)c1cc(N)cc(C2CCN(C(=O)OC(C)(C)C)CC2)c1. The van der Waals surface area contributed by atoms with Crippen molar-refractivity contribution >= 4 is 17.7 Å². The number of ether oxygens (including phenoxy) is 2. The first-order valence-corrected chi connectivity index (χ1v) is 9.35. The van der Waals surface area contributed by atoms with Gasteiger partial charge < -0.3 is 25.4 Å². The molecule has 0 bridgehead atoms. The number of methoxy groups -OCH3 is 1. The van der Waals surface area contributed by atoms with Crippen LogP contribution in [-0.4, -0.2) is 55.9 Å². The van der Waals surface area contributed by atoms with Crippen LogP contribution in [0.15, 0.2) is 18.2 Å². The van der Waals surface area contributed by atoms with Crippen LogP contribution in [0.4, 0.5) is 10.5 Å². The Morgan fingerprint density at radius 2 is 1.89 bits per heavy atom. The zero-order chi connectivity index (χ0) is 20.0. The van der Waals surface area contributed by atoms with Gasteiger partial charge in [0.1, 0.15) is 5.60 Å². The van der Waals surface area contributed by atoms with E-state index in [1.54, 1.807) is 18.1 Å². The number of amides is 2. The highest BCUT2D eigenvalue weighted by molar-refractivity contribution is 5.95. The van der Waals surface area contributed by atoms with Gasteiger partial charge >= 0.3 is 6.09 Å². The van der Waals surface area contributed by atoms with Crippen molar-refractivity contribution in [3.8, 4) is 0 Å². The fraction of sp³-hybridized carbons (Fsp3) is 0.600. The van der Waals surface area contributed by atoms with Gasteiger partial charge in [0, 0.05) is 38.0 Å². The second-order valence-electron chi connectivity index (χ2n) is 7.88. The third-order valence-electron chi connectivity index (χ3n) is 4.45. The third-order valence-corrected chi connectivity index (χ3v) is 4.45. The minimum Gasteiger partial charge on any atom is -0.444 e. The number of hydrogen-bond acceptors (Lipinski definition) is 5. The van der Waals surface area contributed by atoms with Crippen LogP contribution in [0, 0.1) is 0 Å². The highest BCUT2D eigenvalue weighted by atomic mass is 16.6. The van der Waals surface area contributed by atoms with Crippen molar-refractivity contribution in [2.45, 2.75) is 45.1 Å². The third kappa shape index (κ3) is 6.43. The maximum atomic E-state index is 12.3. The highest BCUT2D eigenvalue weighted by Gasteiger charge is 2.28. The number of nitrogens with zero attached hydrogens (tertiary/aromatic N) is 1. The van der Waals surface area contributed by atoms with Gasteiger partial charge in [-0.05, 0) is 63.3 Å². The summed E-state index contributed by atoms with van der Waals surface area (Å²) in [5, 5.41) is 2.81. The average Bonchev–Trinajstić information content (AvgIpc) is 2.60. The fourth-order valence-electron chi connectivity index (χ4n) is 3.13. The number of nitrogens with two attached hydrogens (primary N) is 1. The van der Waals surface area contributed by atoms with Gasteiger partial charge in [0.05, 0.1) is 6.61 Å². The summed E-state index contributed by atoms with van der Waals surface area (Å²) in [4.78, 5) is 26.2. The van der Waals surface area contributed by atoms with Crippen LogP contribution in [-0.2, 0) is 9.47 Å². The van der Waals surface area contributed by atoms with E-state index in [4.69, 9.17) is 15.2 Å². The average molecular weight is 377 g/mol. The molecule has 0 aromatic heterocycles. The van der Waals surface area contributed by atoms with Gasteiger partial charge in [-0.25, -0.2) is 4.79 Å². The van der Waals surface area contributed by atoms with Crippen molar-refractivity contribution in [1.29, 1.82) is 0 Å². The predicted molar refractivity (Wildman–Crippen MR) is 105 cm³/mol. The Labute approximate surface area is 161 Å². The molecule has 1 saturated heterocycles. The van der Waals surface area contributed by atoms with Crippen molar-refractivity contribution in [2.24, 2.45) is 0 Å². The van der Waals surface area contributed by atoms with Crippen molar-refractivity contribution in [2.75, 3.05) is 39.1 Å². The minimum atomic E-state index is -0.493. The van der Waals surface area contributed by atoms with Gasteiger partial charge in [0.25, 0.3) is 5.91 Å². The number of piperidine rings is 1. The summed E-state index contributed by atoms with van der Waals surface area (Å²) in [5.74, 6) is 0.101. The van der Waals surface area contributed by atoms with Crippen LogP contribution in [0.2, 0.25) is 0 Å². The standard InChI is InChI=1S/C20H31N3O4/c1-20(2,3)27-19(25)23-8-5-14(6-9-23)15-11-16(13-17(21)12-15)18(24)22-7-10-26-4/h11-14H,5-10,21H2,1-4H3,(H,22,24). The molecular weight excluding hydrogens is 346 g/mol. The van der Waals surface area contributed by atoms with Gasteiger partial charge in [0.2, 0.25) is 0 Å².